The van der Waals surface area contributed by atoms with Crippen molar-refractivity contribution in [3.8, 4) is 5.75 Å². The van der Waals surface area contributed by atoms with Crippen LogP contribution in [0.15, 0.2) is 53.3 Å². The fraction of sp³-hybridized carbons (Fsp3) is 0.118. The Morgan fingerprint density at radius 2 is 1.91 bits per heavy atom. The van der Waals surface area contributed by atoms with E-state index in [1.165, 1.54) is 0 Å². The van der Waals surface area contributed by atoms with E-state index in [-0.39, 0.29) is 11.4 Å². The Balaban J connectivity index is 1.76. The van der Waals surface area contributed by atoms with Gasteiger partial charge >= 0.3 is 0 Å². The topological polar surface area (TPSA) is 84.1 Å². The molecular formula is C17H15N3O3. The first kappa shape index (κ1) is 14.8. The van der Waals surface area contributed by atoms with E-state index in [0.29, 0.717) is 17.4 Å². The van der Waals surface area contributed by atoms with Gasteiger partial charge in [0.15, 0.2) is 5.82 Å². The number of carbonyl (C=O) groups is 1. The fourth-order valence-electron chi connectivity index (χ4n) is 2.20. The van der Waals surface area contributed by atoms with Crippen LogP contribution in [0.25, 0.3) is 10.9 Å². The number of ether oxygens (including phenoxy) is 1. The van der Waals surface area contributed by atoms with Gasteiger partial charge in [0, 0.05) is 6.54 Å². The van der Waals surface area contributed by atoms with Crippen molar-refractivity contribution < 1.29 is 9.53 Å². The number of hydrogen-bond acceptors (Lipinski definition) is 4. The third-order valence-electron chi connectivity index (χ3n) is 3.44. The lowest BCUT2D eigenvalue weighted by atomic mass is 10.2. The summed E-state index contributed by atoms with van der Waals surface area (Å²) in [6.07, 6.45) is 0. The zero-order chi connectivity index (χ0) is 16.2. The highest BCUT2D eigenvalue weighted by Gasteiger charge is 2.10. The minimum absolute atomic E-state index is 0.00205. The molecule has 0 unspecified atom stereocenters. The summed E-state index contributed by atoms with van der Waals surface area (Å²) in [6, 6.07) is 14.2. The van der Waals surface area contributed by atoms with Crippen molar-refractivity contribution in [2.45, 2.75) is 6.54 Å². The lowest BCUT2D eigenvalue weighted by Crippen LogP contribution is -2.27. The number of methoxy groups -OCH3 is 1. The number of nitrogens with one attached hydrogen (secondary N) is 2. The number of H-pyrrole nitrogens is 1. The molecule has 0 bridgehead atoms. The third-order valence-corrected chi connectivity index (χ3v) is 3.44. The van der Waals surface area contributed by atoms with E-state index in [9.17, 15) is 9.59 Å². The largest absolute Gasteiger partial charge is 0.497 e. The molecule has 6 heteroatoms. The Labute approximate surface area is 132 Å². The van der Waals surface area contributed by atoms with Crippen molar-refractivity contribution in [2.24, 2.45) is 0 Å². The average molecular weight is 309 g/mol. The first-order valence-electron chi connectivity index (χ1n) is 7.07. The van der Waals surface area contributed by atoms with E-state index in [0.717, 1.165) is 11.3 Å². The van der Waals surface area contributed by atoms with Crippen LogP contribution in [0.3, 0.4) is 0 Å². The maximum atomic E-state index is 12.2. The van der Waals surface area contributed by atoms with Crippen molar-refractivity contribution in [1.82, 2.24) is 15.3 Å². The lowest BCUT2D eigenvalue weighted by molar-refractivity contribution is 0.0940. The molecule has 1 amide bonds. The van der Waals surface area contributed by atoms with E-state index >= 15 is 0 Å². The quantitative estimate of drug-likeness (QED) is 0.770. The molecule has 0 saturated carbocycles. The van der Waals surface area contributed by atoms with E-state index in [4.69, 9.17) is 4.74 Å². The van der Waals surface area contributed by atoms with Crippen LogP contribution in [0, 0.1) is 0 Å². The summed E-state index contributed by atoms with van der Waals surface area (Å²) >= 11 is 0. The van der Waals surface area contributed by atoms with Gasteiger partial charge in [0.1, 0.15) is 5.75 Å². The SMILES string of the molecule is COc1ccc(CNC(=O)c2nc3ccccc3c(=O)[nH]2)cc1. The number of fused-ring (bicyclic) bond motifs is 1. The second-order valence-corrected chi connectivity index (χ2v) is 4.96. The number of rotatable bonds is 4. The molecule has 23 heavy (non-hydrogen) atoms. The summed E-state index contributed by atoms with van der Waals surface area (Å²) in [6.45, 7) is 0.333. The Morgan fingerprint density at radius 1 is 1.17 bits per heavy atom. The molecule has 2 aromatic carbocycles. The van der Waals surface area contributed by atoms with Crippen LogP contribution in [0.5, 0.6) is 5.75 Å². The third kappa shape index (κ3) is 3.21. The summed E-state index contributed by atoms with van der Waals surface area (Å²) in [5.41, 5.74) is 1.08. The van der Waals surface area contributed by atoms with Crippen LogP contribution in [-0.4, -0.2) is 23.0 Å². The molecular weight excluding hydrogens is 294 g/mol. The van der Waals surface area contributed by atoms with Gasteiger partial charge in [0.05, 0.1) is 18.0 Å². The van der Waals surface area contributed by atoms with Gasteiger partial charge < -0.3 is 15.0 Å². The molecule has 0 aliphatic heterocycles. The number of amides is 1. The molecule has 0 aliphatic rings. The predicted molar refractivity (Wildman–Crippen MR) is 86.5 cm³/mol. The highest BCUT2D eigenvalue weighted by molar-refractivity contribution is 5.92. The van der Waals surface area contributed by atoms with Crippen molar-refractivity contribution in [1.29, 1.82) is 0 Å². The smallest absolute Gasteiger partial charge is 0.287 e. The van der Waals surface area contributed by atoms with Crippen LogP contribution in [-0.2, 0) is 6.54 Å². The maximum Gasteiger partial charge on any atom is 0.287 e. The molecule has 2 N–H and O–H groups in total. The summed E-state index contributed by atoms with van der Waals surface area (Å²) in [7, 11) is 1.60. The number of aromatic amines is 1. The minimum Gasteiger partial charge on any atom is -0.497 e. The van der Waals surface area contributed by atoms with E-state index in [2.05, 4.69) is 15.3 Å². The highest BCUT2D eigenvalue weighted by atomic mass is 16.5. The van der Waals surface area contributed by atoms with Crippen molar-refractivity contribution in [3.63, 3.8) is 0 Å². The van der Waals surface area contributed by atoms with Crippen LogP contribution in [0.1, 0.15) is 16.2 Å². The molecule has 1 aromatic heterocycles. The van der Waals surface area contributed by atoms with Gasteiger partial charge in [-0.1, -0.05) is 24.3 Å². The van der Waals surface area contributed by atoms with Crippen LogP contribution < -0.4 is 15.6 Å². The zero-order valence-corrected chi connectivity index (χ0v) is 12.5. The Bertz CT molecular complexity index is 901. The van der Waals surface area contributed by atoms with Gasteiger partial charge in [0.2, 0.25) is 0 Å². The van der Waals surface area contributed by atoms with Gasteiger partial charge in [-0.15, -0.1) is 0 Å². The molecule has 3 rings (SSSR count). The van der Waals surface area contributed by atoms with Crippen LogP contribution in [0.2, 0.25) is 0 Å². The summed E-state index contributed by atoms with van der Waals surface area (Å²) in [4.78, 5) is 30.8. The van der Waals surface area contributed by atoms with Crippen LogP contribution >= 0.6 is 0 Å². The molecule has 0 saturated heterocycles. The first-order chi connectivity index (χ1) is 11.2. The maximum absolute atomic E-state index is 12.2. The fourth-order valence-corrected chi connectivity index (χ4v) is 2.20. The molecule has 0 fully saturated rings. The average Bonchev–Trinajstić information content (AvgIpc) is 2.60. The lowest BCUT2D eigenvalue weighted by Gasteiger charge is -2.06. The van der Waals surface area contributed by atoms with Crippen molar-refractivity contribution in [3.05, 3.63) is 70.3 Å². The van der Waals surface area contributed by atoms with E-state index in [1.807, 2.05) is 24.3 Å². The van der Waals surface area contributed by atoms with Crippen molar-refractivity contribution >= 4 is 16.8 Å². The molecule has 6 nitrogen and oxygen atoms in total. The normalized spacial score (nSPS) is 10.5. The standard InChI is InChI=1S/C17H15N3O3/c1-23-12-8-6-11(7-9-12)10-18-17(22)15-19-14-5-3-2-4-13(14)16(21)20-15/h2-9H,10H2,1H3,(H,18,22)(H,19,20,21). The molecule has 3 aromatic rings. The second kappa shape index (κ2) is 6.31. The van der Waals surface area contributed by atoms with Gasteiger partial charge in [-0.3, -0.25) is 9.59 Å². The number of nitrogens with zero attached hydrogens (tertiary/aromatic N) is 1. The Kier molecular flexibility index (Phi) is 4.05. The van der Waals surface area contributed by atoms with E-state index in [1.54, 1.807) is 31.4 Å². The molecule has 0 aliphatic carbocycles. The van der Waals surface area contributed by atoms with Crippen LogP contribution in [0.4, 0.5) is 0 Å². The molecule has 116 valence electrons. The minimum atomic E-state index is -0.427. The number of carbonyl (C=O) groups excluding carboxylic acids is 1. The predicted octanol–water partition coefficient (Wildman–Crippen LogP) is 1.86. The number of aromatic nitrogens is 2. The molecule has 1 heterocycles. The summed E-state index contributed by atoms with van der Waals surface area (Å²) in [5.74, 6) is 0.325. The van der Waals surface area contributed by atoms with E-state index < -0.39 is 5.91 Å². The number of hydrogen-bond donors (Lipinski definition) is 2. The zero-order valence-electron chi connectivity index (χ0n) is 12.5. The first-order valence-corrected chi connectivity index (χ1v) is 7.07. The number of benzene rings is 2. The van der Waals surface area contributed by atoms with Gasteiger partial charge in [-0.2, -0.15) is 0 Å². The summed E-state index contributed by atoms with van der Waals surface area (Å²) in [5, 5.41) is 3.19. The Morgan fingerprint density at radius 3 is 2.65 bits per heavy atom. The summed E-state index contributed by atoms with van der Waals surface area (Å²) < 4.78 is 5.08. The monoisotopic (exact) mass is 309 g/mol. The second-order valence-electron chi connectivity index (χ2n) is 4.96. The van der Waals surface area contributed by atoms with Crippen molar-refractivity contribution in [2.75, 3.05) is 7.11 Å². The number of para-hydroxylation sites is 1. The van der Waals surface area contributed by atoms with Gasteiger partial charge in [0.25, 0.3) is 11.5 Å². The highest BCUT2D eigenvalue weighted by Crippen LogP contribution is 2.11. The molecule has 0 radical (unpaired) electrons. The van der Waals surface area contributed by atoms with Gasteiger partial charge in [-0.05, 0) is 29.8 Å². The Hall–Kier alpha value is -3.15. The molecule has 0 atom stereocenters. The molecule has 0 spiro atoms. The van der Waals surface area contributed by atoms with Gasteiger partial charge in [-0.25, -0.2) is 4.98 Å².